The standard InChI is InChI=1S/C17H21N3O2/c1-3-16-18-17(22-19-16)12(2)20-10-8-14(9-11-20)13-4-6-15(21)7-5-13/h4-8,12,21H,3,9-11H2,1-2H3. The lowest BCUT2D eigenvalue weighted by Gasteiger charge is -2.29. The number of phenols is 1. The van der Waals surface area contributed by atoms with Gasteiger partial charge in [0.25, 0.3) is 0 Å². The average Bonchev–Trinajstić information content (AvgIpc) is 3.04. The summed E-state index contributed by atoms with van der Waals surface area (Å²) in [5, 5.41) is 13.3. The van der Waals surface area contributed by atoms with Crippen molar-refractivity contribution in [2.24, 2.45) is 0 Å². The Kier molecular flexibility index (Phi) is 4.24. The van der Waals surface area contributed by atoms with Crippen molar-refractivity contribution in [3.63, 3.8) is 0 Å². The van der Waals surface area contributed by atoms with Gasteiger partial charge >= 0.3 is 0 Å². The summed E-state index contributed by atoms with van der Waals surface area (Å²) >= 11 is 0. The van der Waals surface area contributed by atoms with E-state index in [0.29, 0.717) is 11.6 Å². The highest BCUT2D eigenvalue weighted by Crippen LogP contribution is 2.28. The number of aryl methyl sites for hydroxylation is 1. The predicted molar refractivity (Wildman–Crippen MR) is 84.4 cm³/mol. The molecule has 0 fully saturated rings. The molecule has 1 atom stereocenters. The summed E-state index contributed by atoms with van der Waals surface area (Å²) in [5.74, 6) is 1.76. The first kappa shape index (κ1) is 14.8. The molecule has 1 unspecified atom stereocenters. The normalized spacial score (nSPS) is 17.3. The third-order valence-electron chi connectivity index (χ3n) is 4.18. The second kappa shape index (κ2) is 6.32. The highest BCUT2D eigenvalue weighted by molar-refractivity contribution is 5.67. The van der Waals surface area contributed by atoms with Crippen LogP contribution in [0.25, 0.3) is 5.57 Å². The van der Waals surface area contributed by atoms with Crippen LogP contribution in [0, 0.1) is 0 Å². The number of benzene rings is 1. The minimum atomic E-state index is 0.130. The average molecular weight is 299 g/mol. The zero-order chi connectivity index (χ0) is 15.5. The molecule has 0 saturated heterocycles. The lowest BCUT2D eigenvalue weighted by Crippen LogP contribution is -2.31. The summed E-state index contributed by atoms with van der Waals surface area (Å²) in [5.41, 5.74) is 2.50. The van der Waals surface area contributed by atoms with E-state index in [2.05, 4.69) is 28.0 Å². The minimum Gasteiger partial charge on any atom is -0.508 e. The van der Waals surface area contributed by atoms with Crippen molar-refractivity contribution in [1.29, 1.82) is 0 Å². The number of phenolic OH excluding ortho intramolecular Hbond substituents is 1. The van der Waals surface area contributed by atoms with Gasteiger partial charge in [0.2, 0.25) is 5.89 Å². The number of rotatable bonds is 4. The number of nitrogens with zero attached hydrogens (tertiary/aromatic N) is 3. The van der Waals surface area contributed by atoms with Gasteiger partial charge in [-0.25, -0.2) is 0 Å². The van der Waals surface area contributed by atoms with Crippen LogP contribution in [-0.4, -0.2) is 33.2 Å². The molecular weight excluding hydrogens is 278 g/mol. The number of aromatic nitrogens is 2. The molecule has 116 valence electrons. The van der Waals surface area contributed by atoms with Crippen LogP contribution >= 0.6 is 0 Å². The molecule has 2 aromatic rings. The Morgan fingerprint density at radius 1 is 1.32 bits per heavy atom. The lowest BCUT2D eigenvalue weighted by molar-refractivity contribution is 0.189. The van der Waals surface area contributed by atoms with Crippen molar-refractivity contribution in [2.75, 3.05) is 13.1 Å². The molecule has 5 nitrogen and oxygen atoms in total. The highest BCUT2D eigenvalue weighted by atomic mass is 16.5. The zero-order valence-electron chi connectivity index (χ0n) is 13.0. The third-order valence-corrected chi connectivity index (χ3v) is 4.18. The first-order valence-electron chi connectivity index (χ1n) is 7.72. The number of aromatic hydroxyl groups is 1. The van der Waals surface area contributed by atoms with E-state index in [1.807, 2.05) is 19.1 Å². The van der Waals surface area contributed by atoms with Gasteiger partial charge in [0.15, 0.2) is 5.82 Å². The highest BCUT2D eigenvalue weighted by Gasteiger charge is 2.23. The molecule has 1 aromatic carbocycles. The van der Waals surface area contributed by atoms with Gasteiger partial charge in [-0.1, -0.05) is 30.3 Å². The van der Waals surface area contributed by atoms with Crippen LogP contribution < -0.4 is 0 Å². The first-order valence-corrected chi connectivity index (χ1v) is 7.72. The van der Waals surface area contributed by atoms with Crippen LogP contribution in [-0.2, 0) is 6.42 Å². The van der Waals surface area contributed by atoms with Gasteiger partial charge in [-0.3, -0.25) is 4.90 Å². The van der Waals surface area contributed by atoms with Crippen LogP contribution in [0.15, 0.2) is 34.9 Å². The molecule has 1 N–H and O–H groups in total. The smallest absolute Gasteiger partial charge is 0.243 e. The van der Waals surface area contributed by atoms with Gasteiger partial charge in [-0.05, 0) is 36.6 Å². The fourth-order valence-corrected chi connectivity index (χ4v) is 2.71. The van der Waals surface area contributed by atoms with Gasteiger partial charge in [0.05, 0.1) is 6.04 Å². The maximum atomic E-state index is 9.37. The Morgan fingerprint density at radius 3 is 2.68 bits per heavy atom. The summed E-state index contributed by atoms with van der Waals surface area (Å²) < 4.78 is 5.34. The van der Waals surface area contributed by atoms with E-state index in [9.17, 15) is 5.11 Å². The quantitative estimate of drug-likeness (QED) is 0.939. The SMILES string of the molecule is CCc1noc(C(C)N2CC=C(c3ccc(O)cc3)CC2)n1. The fourth-order valence-electron chi connectivity index (χ4n) is 2.71. The first-order chi connectivity index (χ1) is 10.7. The van der Waals surface area contributed by atoms with Gasteiger partial charge in [0.1, 0.15) is 5.75 Å². The molecule has 1 aliphatic rings. The Morgan fingerprint density at radius 2 is 2.09 bits per heavy atom. The van der Waals surface area contributed by atoms with E-state index in [4.69, 9.17) is 4.52 Å². The summed E-state index contributed by atoms with van der Waals surface area (Å²) in [7, 11) is 0. The maximum Gasteiger partial charge on any atom is 0.243 e. The Hall–Kier alpha value is -2.14. The van der Waals surface area contributed by atoms with Crippen LogP contribution in [0.4, 0.5) is 0 Å². The molecule has 0 amide bonds. The summed E-state index contributed by atoms with van der Waals surface area (Å²) in [6.45, 7) is 5.94. The van der Waals surface area contributed by atoms with Crippen LogP contribution in [0.1, 0.15) is 43.6 Å². The van der Waals surface area contributed by atoms with Crippen molar-refractivity contribution in [3.05, 3.63) is 47.6 Å². The molecule has 0 aliphatic carbocycles. The van der Waals surface area contributed by atoms with E-state index < -0.39 is 0 Å². The Labute approximate surface area is 130 Å². The van der Waals surface area contributed by atoms with Crippen molar-refractivity contribution in [3.8, 4) is 5.75 Å². The zero-order valence-corrected chi connectivity index (χ0v) is 13.0. The largest absolute Gasteiger partial charge is 0.508 e. The summed E-state index contributed by atoms with van der Waals surface area (Å²) in [4.78, 5) is 6.75. The van der Waals surface area contributed by atoms with Gasteiger partial charge in [0, 0.05) is 19.5 Å². The fraction of sp³-hybridized carbons (Fsp3) is 0.412. The molecule has 1 aliphatic heterocycles. The van der Waals surface area contributed by atoms with E-state index in [0.717, 1.165) is 31.8 Å². The monoisotopic (exact) mass is 299 g/mol. The van der Waals surface area contributed by atoms with E-state index in [1.165, 1.54) is 11.1 Å². The van der Waals surface area contributed by atoms with E-state index >= 15 is 0 Å². The van der Waals surface area contributed by atoms with E-state index in [1.54, 1.807) is 12.1 Å². The minimum absolute atomic E-state index is 0.130. The molecule has 0 bridgehead atoms. The third kappa shape index (κ3) is 3.04. The molecule has 1 aromatic heterocycles. The predicted octanol–water partition coefficient (Wildman–Crippen LogP) is 3.19. The second-order valence-corrected chi connectivity index (χ2v) is 5.60. The molecule has 0 spiro atoms. The molecule has 5 heteroatoms. The number of hydrogen-bond acceptors (Lipinski definition) is 5. The van der Waals surface area contributed by atoms with Gasteiger partial charge < -0.3 is 9.63 Å². The molecule has 0 saturated carbocycles. The second-order valence-electron chi connectivity index (χ2n) is 5.60. The van der Waals surface area contributed by atoms with Gasteiger partial charge in [-0.2, -0.15) is 4.98 Å². The van der Waals surface area contributed by atoms with Crippen LogP contribution in [0.2, 0.25) is 0 Å². The molecule has 22 heavy (non-hydrogen) atoms. The van der Waals surface area contributed by atoms with Crippen LogP contribution in [0.3, 0.4) is 0 Å². The van der Waals surface area contributed by atoms with Crippen molar-refractivity contribution in [1.82, 2.24) is 15.0 Å². The van der Waals surface area contributed by atoms with Crippen molar-refractivity contribution < 1.29 is 9.63 Å². The Bertz CT molecular complexity index is 661. The van der Waals surface area contributed by atoms with Gasteiger partial charge in [-0.15, -0.1) is 0 Å². The summed E-state index contributed by atoms with van der Waals surface area (Å²) in [6, 6.07) is 7.52. The molecule has 3 rings (SSSR count). The van der Waals surface area contributed by atoms with Crippen LogP contribution in [0.5, 0.6) is 5.75 Å². The van der Waals surface area contributed by atoms with Crippen molar-refractivity contribution >= 4 is 5.57 Å². The maximum absolute atomic E-state index is 9.37. The molecule has 2 heterocycles. The van der Waals surface area contributed by atoms with E-state index in [-0.39, 0.29) is 6.04 Å². The topological polar surface area (TPSA) is 62.4 Å². The molecule has 0 radical (unpaired) electrons. The summed E-state index contributed by atoms with van der Waals surface area (Å²) in [6.07, 6.45) is 4.01. The lowest BCUT2D eigenvalue weighted by atomic mass is 9.98. The van der Waals surface area contributed by atoms with Crippen molar-refractivity contribution in [2.45, 2.75) is 32.7 Å². The number of hydrogen-bond donors (Lipinski definition) is 1. The molecular formula is C17H21N3O2. The Balaban J connectivity index is 1.68.